The van der Waals surface area contributed by atoms with Gasteiger partial charge >= 0.3 is 11.5 Å². The molecule has 0 aliphatic carbocycles. The summed E-state index contributed by atoms with van der Waals surface area (Å²) in [5.74, 6) is 1.36. The number of benzene rings is 1. The van der Waals surface area contributed by atoms with Crippen molar-refractivity contribution in [2.75, 3.05) is 0 Å². The quantitative estimate of drug-likeness (QED) is 0.399. The summed E-state index contributed by atoms with van der Waals surface area (Å²) in [7, 11) is 0. The van der Waals surface area contributed by atoms with E-state index in [4.69, 9.17) is 0 Å². The van der Waals surface area contributed by atoms with E-state index in [0.717, 1.165) is 13.2 Å². The molecular weight excluding hydrogens is 234 g/mol. The monoisotopic (exact) mass is 247 g/mol. The van der Waals surface area contributed by atoms with Gasteiger partial charge in [0.25, 0.3) is 6.67 Å². The molecule has 0 fully saturated rings. The lowest BCUT2D eigenvalue weighted by atomic mass is 10.1. The Labute approximate surface area is 111 Å². The molecular formula is C16H13N3+2. The number of pyridine rings is 1. The average Bonchev–Trinajstić information content (AvgIpc) is 3.09. The number of nitrogens with zero attached hydrogens (tertiary/aromatic N) is 3. The third-order valence-electron chi connectivity index (χ3n) is 4.17. The molecule has 4 heterocycles. The lowest BCUT2D eigenvalue weighted by molar-refractivity contribution is -0.876. The third kappa shape index (κ3) is 1.08. The Morgan fingerprint density at radius 1 is 0.947 bits per heavy atom. The lowest BCUT2D eigenvalue weighted by Gasteiger charge is -1.97. The Balaban J connectivity index is 1.81. The predicted octanol–water partition coefficient (Wildman–Crippen LogP) is 1.58. The van der Waals surface area contributed by atoms with Crippen LogP contribution in [0.1, 0.15) is 5.56 Å². The van der Waals surface area contributed by atoms with Gasteiger partial charge in [-0.3, -0.25) is 0 Å². The third-order valence-corrected chi connectivity index (χ3v) is 4.17. The van der Waals surface area contributed by atoms with Gasteiger partial charge < -0.3 is 0 Å². The van der Waals surface area contributed by atoms with Crippen LogP contribution in [0.2, 0.25) is 0 Å². The fraction of sp³-hybridized carbons (Fsp3) is 0.125. The molecule has 0 radical (unpaired) electrons. The number of aromatic nitrogens is 3. The molecule has 5 rings (SSSR count). The van der Waals surface area contributed by atoms with Crippen LogP contribution in [0.25, 0.3) is 22.8 Å². The minimum atomic E-state index is 0.936. The Bertz CT molecular complexity index is 816. The van der Waals surface area contributed by atoms with Crippen molar-refractivity contribution in [1.82, 2.24) is 4.57 Å². The smallest absolute Gasteiger partial charge is 0.213 e. The zero-order valence-electron chi connectivity index (χ0n) is 10.5. The fourth-order valence-corrected chi connectivity index (χ4v) is 3.37. The number of hydrogen-bond acceptors (Lipinski definition) is 0. The first-order chi connectivity index (χ1) is 9.42. The second-order valence-electron chi connectivity index (χ2n) is 5.25. The fourth-order valence-electron chi connectivity index (χ4n) is 3.37. The van der Waals surface area contributed by atoms with Crippen LogP contribution in [-0.2, 0) is 13.2 Å². The van der Waals surface area contributed by atoms with Crippen LogP contribution in [0.5, 0.6) is 0 Å². The molecule has 0 bridgehead atoms. The minimum Gasteiger partial charge on any atom is -0.213 e. The second kappa shape index (κ2) is 3.12. The van der Waals surface area contributed by atoms with Gasteiger partial charge in [0, 0.05) is 11.6 Å². The SMILES string of the molecule is c1ccc(-c2c[n+]3c4n2Cc2ccc[n+](c2-4)C3)cc1. The van der Waals surface area contributed by atoms with Gasteiger partial charge in [0.1, 0.15) is 12.7 Å². The molecule has 0 spiro atoms. The summed E-state index contributed by atoms with van der Waals surface area (Å²) in [6.45, 7) is 1.92. The van der Waals surface area contributed by atoms with Crippen molar-refractivity contribution < 1.29 is 9.13 Å². The molecule has 0 unspecified atom stereocenters. The van der Waals surface area contributed by atoms with Crippen LogP contribution in [-0.4, -0.2) is 4.57 Å². The maximum Gasteiger partial charge on any atom is 0.361 e. The van der Waals surface area contributed by atoms with E-state index < -0.39 is 0 Å². The average molecular weight is 247 g/mol. The van der Waals surface area contributed by atoms with Crippen molar-refractivity contribution in [3.05, 3.63) is 60.4 Å². The van der Waals surface area contributed by atoms with Gasteiger partial charge in [0.2, 0.25) is 0 Å². The van der Waals surface area contributed by atoms with E-state index in [0.29, 0.717) is 0 Å². The molecule has 0 N–H and O–H groups in total. The van der Waals surface area contributed by atoms with Crippen molar-refractivity contribution in [2.45, 2.75) is 13.2 Å². The van der Waals surface area contributed by atoms with Crippen LogP contribution in [0.15, 0.2) is 54.9 Å². The lowest BCUT2D eigenvalue weighted by Crippen LogP contribution is -2.44. The van der Waals surface area contributed by atoms with E-state index in [1.165, 1.54) is 28.3 Å². The molecule has 90 valence electrons. The first kappa shape index (κ1) is 9.50. The number of rotatable bonds is 1. The summed E-state index contributed by atoms with van der Waals surface area (Å²) < 4.78 is 7.13. The highest BCUT2D eigenvalue weighted by Gasteiger charge is 2.46. The molecule has 0 amide bonds. The highest BCUT2D eigenvalue weighted by molar-refractivity contribution is 5.65. The van der Waals surface area contributed by atoms with Gasteiger partial charge in [-0.1, -0.05) is 30.3 Å². The summed E-state index contributed by atoms with van der Waals surface area (Å²) in [5.41, 5.74) is 5.44. The maximum absolute atomic E-state index is 2.43. The first-order valence-electron chi connectivity index (χ1n) is 6.62. The summed E-state index contributed by atoms with van der Waals surface area (Å²) in [6, 6.07) is 15.0. The molecule has 2 aliphatic heterocycles. The van der Waals surface area contributed by atoms with E-state index in [-0.39, 0.29) is 0 Å². The van der Waals surface area contributed by atoms with Crippen molar-refractivity contribution in [2.24, 2.45) is 0 Å². The molecule has 0 saturated heterocycles. The van der Waals surface area contributed by atoms with E-state index >= 15 is 0 Å². The van der Waals surface area contributed by atoms with Crippen LogP contribution in [0.3, 0.4) is 0 Å². The van der Waals surface area contributed by atoms with Gasteiger partial charge in [-0.2, -0.15) is 9.13 Å². The molecule has 19 heavy (non-hydrogen) atoms. The molecule has 1 aromatic carbocycles. The minimum absolute atomic E-state index is 0.936. The van der Waals surface area contributed by atoms with E-state index in [1.54, 1.807) is 0 Å². The molecule has 0 atom stereocenters. The first-order valence-corrected chi connectivity index (χ1v) is 6.62. The van der Waals surface area contributed by atoms with Gasteiger partial charge in [0.05, 0.1) is 5.56 Å². The normalized spacial score (nSPS) is 13.9. The van der Waals surface area contributed by atoms with E-state index in [9.17, 15) is 0 Å². The second-order valence-corrected chi connectivity index (χ2v) is 5.25. The largest absolute Gasteiger partial charge is 0.361 e. The predicted molar refractivity (Wildman–Crippen MR) is 70.2 cm³/mol. The molecule has 2 aromatic heterocycles. The van der Waals surface area contributed by atoms with E-state index in [2.05, 4.69) is 68.6 Å². The number of imidazole rings is 1. The highest BCUT2D eigenvalue weighted by atomic mass is 15.3. The Kier molecular flexibility index (Phi) is 1.56. The van der Waals surface area contributed by atoms with E-state index in [1.807, 2.05) is 0 Å². The van der Waals surface area contributed by atoms with Crippen molar-refractivity contribution in [3.8, 4) is 22.8 Å². The van der Waals surface area contributed by atoms with Crippen LogP contribution in [0.4, 0.5) is 0 Å². The van der Waals surface area contributed by atoms with Crippen molar-refractivity contribution >= 4 is 0 Å². The zero-order valence-corrected chi connectivity index (χ0v) is 10.5. The summed E-state index contributed by atoms with van der Waals surface area (Å²) >= 11 is 0. The standard InChI is InChI=1S/C16H13N3/c1-2-5-12(6-3-1)14-10-18-11-17-8-4-7-13-9-19(14)16(18)15(13)17/h1-8,10H,9,11H2/q+2. The Morgan fingerprint density at radius 2 is 1.84 bits per heavy atom. The summed E-state index contributed by atoms with van der Waals surface area (Å²) in [4.78, 5) is 0. The maximum atomic E-state index is 2.43. The molecule has 3 nitrogen and oxygen atoms in total. The molecule has 3 aromatic rings. The topological polar surface area (TPSA) is 12.7 Å². The van der Waals surface area contributed by atoms with Crippen LogP contribution < -0.4 is 9.13 Å². The van der Waals surface area contributed by atoms with Gasteiger partial charge in [-0.15, -0.1) is 0 Å². The van der Waals surface area contributed by atoms with Gasteiger partial charge in [-0.25, -0.2) is 4.57 Å². The van der Waals surface area contributed by atoms with Crippen LogP contribution >= 0.6 is 0 Å². The highest BCUT2D eigenvalue weighted by Crippen LogP contribution is 2.33. The van der Waals surface area contributed by atoms with Crippen LogP contribution in [0, 0.1) is 0 Å². The van der Waals surface area contributed by atoms with Gasteiger partial charge in [-0.05, 0) is 6.07 Å². The molecule has 2 aliphatic rings. The Hall–Kier alpha value is -2.42. The zero-order chi connectivity index (χ0) is 12.4. The van der Waals surface area contributed by atoms with Crippen molar-refractivity contribution in [3.63, 3.8) is 0 Å². The summed E-state index contributed by atoms with van der Waals surface area (Å²) in [5, 5.41) is 0. The summed E-state index contributed by atoms with van der Waals surface area (Å²) in [6.07, 6.45) is 4.45. The van der Waals surface area contributed by atoms with Gasteiger partial charge in [0.15, 0.2) is 11.9 Å². The molecule has 0 saturated carbocycles. The molecule has 3 heteroatoms. The number of hydrogen-bond donors (Lipinski definition) is 0. The van der Waals surface area contributed by atoms with Crippen molar-refractivity contribution in [1.29, 1.82) is 0 Å². The Morgan fingerprint density at radius 3 is 2.74 bits per heavy atom.